The molecule has 0 aliphatic carbocycles. The first-order valence-corrected chi connectivity index (χ1v) is 5.40. The molecule has 0 radical (unpaired) electrons. The molecule has 0 fully saturated rings. The van der Waals surface area contributed by atoms with Crippen LogP contribution in [-0.2, 0) is 0 Å². The van der Waals surface area contributed by atoms with Crippen molar-refractivity contribution in [3.63, 3.8) is 0 Å². The van der Waals surface area contributed by atoms with Gasteiger partial charge in [0.2, 0.25) is 0 Å². The van der Waals surface area contributed by atoms with Crippen molar-refractivity contribution < 1.29 is 4.79 Å². The van der Waals surface area contributed by atoms with Gasteiger partial charge in [0.1, 0.15) is 11.8 Å². The third-order valence-corrected chi connectivity index (χ3v) is 2.37. The minimum absolute atomic E-state index is 0.210. The number of nitrogens with one attached hydrogen (secondary N) is 1. The summed E-state index contributed by atoms with van der Waals surface area (Å²) >= 11 is 0. The van der Waals surface area contributed by atoms with E-state index in [1.165, 1.54) is 18.3 Å². The molecular formula is C14H8N4O. The highest BCUT2D eigenvalue weighted by molar-refractivity contribution is 6.02. The van der Waals surface area contributed by atoms with Crippen molar-refractivity contribution in [1.82, 2.24) is 4.98 Å². The Kier molecular flexibility index (Phi) is 3.51. The number of benzene rings is 1. The van der Waals surface area contributed by atoms with Crippen LogP contribution in [0.15, 0.2) is 42.6 Å². The van der Waals surface area contributed by atoms with Crippen LogP contribution in [0.2, 0.25) is 0 Å². The topological polar surface area (TPSA) is 89.6 Å². The van der Waals surface area contributed by atoms with E-state index in [9.17, 15) is 4.79 Å². The fourth-order valence-electron chi connectivity index (χ4n) is 1.46. The van der Waals surface area contributed by atoms with Gasteiger partial charge in [-0.15, -0.1) is 0 Å². The normalized spacial score (nSPS) is 9.16. The Hall–Kier alpha value is -3.18. The lowest BCUT2D eigenvalue weighted by atomic mass is 10.2. The van der Waals surface area contributed by atoms with E-state index in [1.807, 2.05) is 12.1 Å². The van der Waals surface area contributed by atoms with Gasteiger partial charge in [-0.2, -0.15) is 10.5 Å². The van der Waals surface area contributed by atoms with E-state index < -0.39 is 0 Å². The maximum absolute atomic E-state index is 11.9. The zero-order valence-corrected chi connectivity index (χ0v) is 9.79. The number of anilines is 1. The van der Waals surface area contributed by atoms with Crippen molar-refractivity contribution >= 4 is 11.6 Å². The largest absolute Gasteiger partial charge is 0.321 e. The molecule has 1 N–H and O–H groups in total. The molecule has 0 saturated carbocycles. The highest BCUT2D eigenvalue weighted by Gasteiger charge is 2.07. The van der Waals surface area contributed by atoms with Gasteiger partial charge in [0, 0.05) is 11.9 Å². The van der Waals surface area contributed by atoms with Crippen LogP contribution in [0.5, 0.6) is 0 Å². The van der Waals surface area contributed by atoms with Gasteiger partial charge < -0.3 is 5.32 Å². The summed E-state index contributed by atoms with van der Waals surface area (Å²) in [4.78, 5) is 15.8. The molecule has 1 aromatic heterocycles. The predicted molar refractivity (Wildman–Crippen MR) is 68.1 cm³/mol. The molecule has 2 aromatic rings. The van der Waals surface area contributed by atoms with Gasteiger partial charge in [-0.3, -0.25) is 4.79 Å². The molecule has 0 spiro atoms. The number of pyridine rings is 1. The van der Waals surface area contributed by atoms with Crippen LogP contribution < -0.4 is 5.32 Å². The highest BCUT2D eigenvalue weighted by atomic mass is 16.1. The molecule has 0 saturated heterocycles. The minimum atomic E-state index is -0.389. The van der Waals surface area contributed by atoms with Crippen LogP contribution in [0, 0.1) is 22.7 Å². The Morgan fingerprint density at radius 2 is 1.89 bits per heavy atom. The fourth-order valence-corrected chi connectivity index (χ4v) is 1.46. The Morgan fingerprint density at radius 3 is 2.53 bits per heavy atom. The number of carbonyl (C=O) groups excluding carboxylic acids is 1. The molecule has 19 heavy (non-hydrogen) atoms. The van der Waals surface area contributed by atoms with Crippen LogP contribution in [0.4, 0.5) is 5.69 Å². The maximum Gasteiger partial charge on any atom is 0.274 e. The summed E-state index contributed by atoms with van der Waals surface area (Å²) in [6.07, 6.45) is 1.33. The standard InChI is InChI=1S/C14H8N4O/c15-7-10-2-1-3-12(6-10)18-14(19)13-5-4-11(8-16)9-17-13/h1-6,9H,(H,18,19). The summed E-state index contributed by atoms with van der Waals surface area (Å²) in [5, 5.41) is 20.0. The smallest absolute Gasteiger partial charge is 0.274 e. The molecule has 1 amide bonds. The van der Waals surface area contributed by atoms with Crippen LogP contribution in [-0.4, -0.2) is 10.9 Å². The van der Waals surface area contributed by atoms with E-state index in [4.69, 9.17) is 10.5 Å². The summed E-state index contributed by atoms with van der Waals surface area (Å²) in [6.45, 7) is 0. The Morgan fingerprint density at radius 1 is 1.11 bits per heavy atom. The lowest BCUT2D eigenvalue weighted by Gasteiger charge is -2.04. The number of hydrogen-bond acceptors (Lipinski definition) is 4. The molecule has 5 heteroatoms. The van der Waals surface area contributed by atoms with Crippen LogP contribution >= 0.6 is 0 Å². The van der Waals surface area contributed by atoms with E-state index in [-0.39, 0.29) is 11.6 Å². The molecule has 1 aromatic carbocycles. The van der Waals surface area contributed by atoms with E-state index in [1.54, 1.807) is 24.3 Å². The molecule has 2 rings (SSSR count). The van der Waals surface area contributed by atoms with E-state index >= 15 is 0 Å². The Labute approximate surface area is 109 Å². The molecular weight excluding hydrogens is 240 g/mol. The zero-order valence-electron chi connectivity index (χ0n) is 9.79. The molecule has 0 aliphatic rings. The van der Waals surface area contributed by atoms with Crippen molar-refractivity contribution in [2.45, 2.75) is 0 Å². The average molecular weight is 248 g/mol. The van der Waals surface area contributed by atoms with Crippen molar-refractivity contribution in [2.75, 3.05) is 5.32 Å². The summed E-state index contributed by atoms with van der Waals surface area (Å²) in [6, 6.07) is 13.5. The molecule has 0 atom stereocenters. The third kappa shape index (κ3) is 2.93. The summed E-state index contributed by atoms with van der Waals surface area (Å²) < 4.78 is 0. The number of hydrogen-bond donors (Lipinski definition) is 1. The molecule has 5 nitrogen and oxygen atoms in total. The maximum atomic E-state index is 11.9. The van der Waals surface area contributed by atoms with Gasteiger partial charge in [0.25, 0.3) is 5.91 Å². The number of aromatic nitrogens is 1. The van der Waals surface area contributed by atoms with Crippen LogP contribution in [0.3, 0.4) is 0 Å². The van der Waals surface area contributed by atoms with Crippen molar-refractivity contribution in [3.8, 4) is 12.1 Å². The van der Waals surface area contributed by atoms with Gasteiger partial charge in [0.05, 0.1) is 17.2 Å². The average Bonchev–Trinajstić information content (AvgIpc) is 2.47. The minimum Gasteiger partial charge on any atom is -0.321 e. The quantitative estimate of drug-likeness (QED) is 0.880. The second kappa shape index (κ2) is 5.44. The van der Waals surface area contributed by atoms with Gasteiger partial charge in [-0.05, 0) is 30.3 Å². The lowest BCUT2D eigenvalue weighted by molar-refractivity contribution is 0.102. The molecule has 0 bridgehead atoms. The molecule has 90 valence electrons. The first-order valence-electron chi connectivity index (χ1n) is 5.40. The van der Waals surface area contributed by atoms with Gasteiger partial charge in [-0.1, -0.05) is 6.07 Å². The van der Waals surface area contributed by atoms with E-state index in [0.29, 0.717) is 16.8 Å². The summed E-state index contributed by atoms with van der Waals surface area (Å²) in [5.74, 6) is -0.389. The number of amides is 1. The Bertz CT molecular complexity index is 693. The van der Waals surface area contributed by atoms with Crippen molar-refractivity contribution in [3.05, 3.63) is 59.4 Å². The number of rotatable bonds is 2. The van der Waals surface area contributed by atoms with E-state index in [0.717, 1.165) is 0 Å². The number of carbonyl (C=O) groups is 1. The van der Waals surface area contributed by atoms with Gasteiger partial charge in [0.15, 0.2) is 0 Å². The first kappa shape index (κ1) is 12.3. The third-order valence-electron chi connectivity index (χ3n) is 2.37. The summed E-state index contributed by atoms with van der Waals surface area (Å²) in [7, 11) is 0. The zero-order chi connectivity index (χ0) is 13.7. The number of nitriles is 2. The monoisotopic (exact) mass is 248 g/mol. The van der Waals surface area contributed by atoms with Crippen molar-refractivity contribution in [2.24, 2.45) is 0 Å². The van der Waals surface area contributed by atoms with E-state index in [2.05, 4.69) is 10.3 Å². The molecule has 0 unspecified atom stereocenters. The Balaban J connectivity index is 2.16. The SMILES string of the molecule is N#Cc1ccc(C(=O)Nc2cccc(C#N)c2)nc1. The number of nitrogens with zero attached hydrogens (tertiary/aromatic N) is 3. The second-order valence-corrected chi connectivity index (χ2v) is 3.69. The van der Waals surface area contributed by atoms with Gasteiger partial charge >= 0.3 is 0 Å². The fraction of sp³-hybridized carbons (Fsp3) is 0. The van der Waals surface area contributed by atoms with Crippen LogP contribution in [0.1, 0.15) is 21.6 Å². The van der Waals surface area contributed by atoms with Crippen LogP contribution in [0.25, 0.3) is 0 Å². The second-order valence-electron chi connectivity index (χ2n) is 3.69. The highest BCUT2D eigenvalue weighted by Crippen LogP contribution is 2.11. The first-order chi connectivity index (χ1) is 9.22. The summed E-state index contributed by atoms with van der Waals surface area (Å²) in [5.41, 5.74) is 1.59. The molecule has 1 heterocycles. The predicted octanol–water partition coefficient (Wildman–Crippen LogP) is 2.08. The molecule has 0 aliphatic heterocycles. The lowest BCUT2D eigenvalue weighted by Crippen LogP contribution is -2.13. The van der Waals surface area contributed by atoms with Crippen molar-refractivity contribution in [1.29, 1.82) is 10.5 Å². The van der Waals surface area contributed by atoms with Gasteiger partial charge in [-0.25, -0.2) is 4.98 Å².